The number of hydrogen-bond donors (Lipinski definition) is 1. The van der Waals surface area contributed by atoms with E-state index in [1.54, 1.807) is 0 Å². The van der Waals surface area contributed by atoms with Crippen LogP contribution in [-0.2, 0) is 16.0 Å². The average Bonchev–Trinajstić information content (AvgIpc) is 2.54. The van der Waals surface area contributed by atoms with Crippen LogP contribution in [0.5, 0.6) is 0 Å². The van der Waals surface area contributed by atoms with Gasteiger partial charge >= 0.3 is 0 Å². The predicted molar refractivity (Wildman–Crippen MR) is 50.6 cm³/mol. The van der Waals surface area contributed by atoms with Gasteiger partial charge in [0, 0.05) is 6.92 Å². The van der Waals surface area contributed by atoms with Crippen LogP contribution in [0.1, 0.15) is 12.5 Å². The van der Waals surface area contributed by atoms with Crippen molar-refractivity contribution < 1.29 is 14.7 Å². The maximum atomic E-state index is 10.7. The van der Waals surface area contributed by atoms with Crippen LogP contribution in [0.2, 0.25) is 0 Å². The van der Waals surface area contributed by atoms with Gasteiger partial charge in [0.05, 0.1) is 12.0 Å². The van der Waals surface area contributed by atoms with Gasteiger partial charge in [0.2, 0.25) is 5.91 Å². The minimum Gasteiger partial charge on any atom is -0.548 e. The summed E-state index contributed by atoms with van der Waals surface area (Å²) in [6.07, 6.45) is 0.269. The standard InChI is InChI=1S/C9H11NO3S/c1-6(11)10-8(9(12)13)4-7-2-3-14-5-7/h2-3,5,8H,4H2,1H3,(H,10,11)(H,12,13)/p-1. The van der Waals surface area contributed by atoms with Crippen LogP contribution in [0, 0.1) is 0 Å². The first-order chi connectivity index (χ1) is 6.59. The van der Waals surface area contributed by atoms with Crippen molar-refractivity contribution in [2.75, 3.05) is 0 Å². The maximum absolute atomic E-state index is 10.7. The van der Waals surface area contributed by atoms with Crippen LogP contribution < -0.4 is 10.4 Å². The number of amides is 1. The molecule has 1 unspecified atom stereocenters. The molecule has 1 atom stereocenters. The third-order valence-electron chi connectivity index (χ3n) is 1.68. The highest BCUT2D eigenvalue weighted by Gasteiger charge is 2.11. The van der Waals surface area contributed by atoms with E-state index in [1.165, 1.54) is 18.3 Å². The highest BCUT2D eigenvalue weighted by molar-refractivity contribution is 7.07. The fourth-order valence-corrected chi connectivity index (χ4v) is 1.76. The molecule has 0 spiro atoms. The molecule has 1 heterocycles. The lowest BCUT2D eigenvalue weighted by Gasteiger charge is -2.17. The third kappa shape index (κ3) is 3.18. The smallest absolute Gasteiger partial charge is 0.217 e. The summed E-state index contributed by atoms with van der Waals surface area (Å²) >= 11 is 1.49. The van der Waals surface area contributed by atoms with Crippen LogP contribution in [0.3, 0.4) is 0 Å². The van der Waals surface area contributed by atoms with Crippen molar-refractivity contribution in [2.45, 2.75) is 19.4 Å². The zero-order valence-electron chi connectivity index (χ0n) is 7.65. The Bertz CT molecular complexity index is 321. The molecule has 5 heteroatoms. The highest BCUT2D eigenvalue weighted by atomic mass is 32.1. The maximum Gasteiger partial charge on any atom is 0.217 e. The van der Waals surface area contributed by atoms with E-state index in [-0.39, 0.29) is 12.3 Å². The molecule has 14 heavy (non-hydrogen) atoms. The van der Waals surface area contributed by atoms with Crippen molar-refractivity contribution >= 4 is 23.2 Å². The Morgan fingerprint density at radius 3 is 2.79 bits per heavy atom. The van der Waals surface area contributed by atoms with Crippen LogP contribution >= 0.6 is 11.3 Å². The summed E-state index contributed by atoms with van der Waals surface area (Å²) in [5.41, 5.74) is 0.887. The number of thiophene rings is 1. The molecule has 4 nitrogen and oxygen atoms in total. The van der Waals surface area contributed by atoms with Gasteiger partial charge in [-0.3, -0.25) is 4.79 Å². The molecule has 1 aromatic heterocycles. The highest BCUT2D eigenvalue weighted by Crippen LogP contribution is 2.08. The van der Waals surface area contributed by atoms with Crippen molar-refractivity contribution in [3.05, 3.63) is 22.4 Å². The Morgan fingerprint density at radius 1 is 1.64 bits per heavy atom. The normalized spacial score (nSPS) is 12.1. The van der Waals surface area contributed by atoms with E-state index in [0.717, 1.165) is 5.56 Å². The summed E-state index contributed by atoms with van der Waals surface area (Å²) in [6.45, 7) is 1.28. The molecular weight excluding hydrogens is 202 g/mol. The Labute approximate surface area is 85.6 Å². The van der Waals surface area contributed by atoms with Crippen molar-refractivity contribution in [3.8, 4) is 0 Å². The first kappa shape index (κ1) is 10.7. The lowest BCUT2D eigenvalue weighted by Crippen LogP contribution is -2.48. The van der Waals surface area contributed by atoms with E-state index in [4.69, 9.17) is 0 Å². The van der Waals surface area contributed by atoms with Gasteiger partial charge in [0.1, 0.15) is 0 Å². The van der Waals surface area contributed by atoms with Crippen LogP contribution in [0.4, 0.5) is 0 Å². The van der Waals surface area contributed by atoms with Gasteiger partial charge in [-0.05, 0) is 28.8 Å². The number of hydrogen-bond acceptors (Lipinski definition) is 4. The molecule has 0 radical (unpaired) electrons. The van der Waals surface area contributed by atoms with E-state index < -0.39 is 12.0 Å². The number of carbonyl (C=O) groups is 2. The van der Waals surface area contributed by atoms with E-state index in [1.807, 2.05) is 16.8 Å². The monoisotopic (exact) mass is 212 g/mol. The van der Waals surface area contributed by atoms with Gasteiger partial charge in [-0.1, -0.05) is 0 Å². The molecular formula is C9H10NO3S-. The van der Waals surface area contributed by atoms with E-state index >= 15 is 0 Å². The average molecular weight is 212 g/mol. The molecule has 1 N–H and O–H groups in total. The summed E-state index contributed by atoms with van der Waals surface area (Å²) in [7, 11) is 0. The molecule has 0 saturated carbocycles. The van der Waals surface area contributed by atoms with Gasteiger partial charge in [-0.2, -0.15) is 11.3 Å². The van der Waals surface area contributed by atoms with E-state index in [0.29, 0.717) is 0 Å². The fourth-order valence-electron chi connectivity index (χ4n) is 1.08. The number of carboxylic acids is 1. The minimum absolute atomic E-state index is 0.269. The molecule has 0 aromatic carbocycles. The lowest BCUT2D eigenvalue weighted by atomic mass is 10.1. The van der Waals surface area contributed by atoms with Crippen molar-refractivity contribution in [2.24, 2.45) is 0 Å². The molecule has 0 bridgehead atoms. The Kier molecular flexibility index (Phi) is 3.64. The Morgan fingerprint density at radius 2 is 2.36 bits per heavy atom. The SMILES string of the molecule is CC(=O)NC(Cc1ccsc1)C(=O)[O-]. The summed E-state index contributed by atoms with van der Waals surface area (Å²) in [6, 6.07) is 0.879. The quantitative estimate of drug-likeness (QED) is 0.734. The zero-order valence-corrected chi connectivity index (χ0v) is 8.47. The van der Waals surface area contributed by atoms with Gasteiger partial charge in [-0.15, -0.1) is 0 Å². The van der Waals surface area contributed by atoms with Gasteiger partial charge in [-0.25, -0.2) is 0 Å². The Balaban J connectivity index is 2.60. The molecule has 76 valence electrons. The van der Waals surface area contributed by atoms with E-state index in [2.05, 4.69) is 5.32 Å². The molecule has 0 aliphatic heterocycles. The van der Waals surface area contributed by atoms with Gasteiger partial charge in [0.15, 0.2) is 0 Å². The number of carboxylic acid groups (broad SMARTS) is 1. The largest absolute Gasteiger partial charge is 0.548 e. The van der Waals surface area contributed by atoms with Crippen LogP contribution in [-0.4, -0.2) is 17.9 Å². The Hall–Kier alpha value is -1.36. The molecule has 1 amide bonds. The van der Waals surface area contributed by atoms with Crippen molar-refractivity contribution in [1.82, 2.24) is 5.32 Å². The molecule has 0 fully saturated rings. The molecule has 1 aromatic rings. The van der Waals surface area contributed by atoms with Crippen LogP contribution in [0.15, 0.2) is 16.8 Å². The number of nitrogens with one attached hydrogen (secondary N) is 1. The molecule has 0 aliphatic carbocycles. The van der Waals surface area contributed by atoms with Gasteiger partial charge < -0.3 is 15.2 Å². The second-order valence-electron chi connectivity index (χ2n) is 2.91. The minimum atomic E-state index is -1.26. The predicted octanol–water partition coefficient (Wildman–Crippen LogP) is -0.455. The molecule has 0 aliphatic rings. The summed E-state index contributed by atoms with van der Waals surface area (Å²) in [5.74, 6) is -1.62. The topological polar surface area (TPSA) is 69.2 Å². The van der Waals surface area contributed by atoms with Gasteiger partial charge in [0.25, 0.3) is 0 Å². The zero-order chi connectivity index (χ0) is 10.6. The number of carbonyl (C=O) groups excluding carboxylic acids is 2. The second kappa shape index (κ2) is 4.76. The first-order valence-electron chi connectivity index (χ1n) is 4.08. The fraction of sp³-hybridized carbons (Fsp3) is 0.333. The number of rotatable bonds is 4. The summed E-state index contributed by atoms with van der Waals surface area (Å²) < 4.78 is 0. The van der Waals surface area contributed by atoms with Crippen LogP contribution in [0.25, 0.3) is 0 Å². The third-order valence-corrected chi connectivity index (χ3v) is 2.41. The summed E-state index contributed by atoms with van der Waals surface area (Å²) in [4.78, 5) is 21.3. The van der Waals surface area contributed by atoms with Crippen molar-refractivity contribution in [1.29, 1.82) is 0 Å². The molecule has 1 rings (SSSR count). The lowest BCUT2D eigenvalue weighted by molar-refractivity contribution is -0.308. The number of aliphatic carboxylic acids is 1. The first-order valence-corrected chi connectivity index (χ1v) is 5.03. The molecule has 0 saturated heterocycles. The second-order valence-corrected chi connectivity index (χ2v) is 3.69. The summed E-state index contributed by atoms with van der Waals surface area (Å²) in [5, 5.41) is 16.7. The van der Waals surface area contributed by atoms with E-state index in [9.17, 15) is 14.7 Å². The van der Waals surface area contributed by atoms with Crippen molar-refractivity contribution in [3.63, 3.8) is 0 Å².